The van der Waals surface area contributed by atoms with Crippen molar-refractivity contribution < 1.29 is 22.9 Å². The van der Waals surface area contributed by atoms with E-state index in [1.54, 1.807) is 6.92 Å². The van der Waals surface area contributed by atoms with Crippen LogP contribution in [0.2, 0.25) is 0 Å². The van der Waals surface area contributed by atoms with Crippen LogP contribution in [0.15, 0.2) is 47.4 Å². The van der Waals surface area contributed by atoms with Gasteiger partial charge in [-0.15, -0.1) is 0 Å². The fraction of sp³-hybridized carbons (Fsp3) is 0.278. The van der Waals surface area contributed by atoms with Crippen LogP contribution >= 0.6 is 0 Å². The molecule has 10 heteroatoms. The maximum Gasteiger partial charge on any atom is 0.271 e. The third-order valence-electron chi connectivity index (χ3n) is 4.06. The molecule has 148 valence electrons. The summed E-state index contributed by atoms with van der Waals surface area (Å²) >= 11 is 0. The zero-order chi connectivity index (χ0) is 20.3. The van der Waals surface area contributed by atoms with Crippen molar-refractivity contribution in [3.63, 3.8) is 0 Å². The van der Waals surface area contributed by atoms with E-state index in [2.05, 4.69) is 10.0 Å². The van der Waals surface area contributed by atoms with Crippen molar-refractivity contribution in [2.75, 3.05) is 11.9 Å². The van der Waals surface area contributed by atoms with Gasteiger partial charge in [0.15, 0.2) is 6.61 Å². The van der Waals surface area contributed by atoms with Gasteiger partial charge in [0.2, 0.25) is 10.0 Å². The molecule has 0 atom stereocenters. The number of hydrogen-bond donors (Lipinski definition) is 2. The molecule has 1 aliphatic rings. The number of nitro groups is 1. The first kappa shape index (κ1) is 19.8. The summed E-state index contributed by atoms with van der Waals surface area (Å²) in [5.41, 5.74) is 0.722. The number of sulfonamides is 1. The molecule has 2 aromatic carbocycles. The first-order chi connectivity index (χ1) is 13.2. The Morgan fingerprint density at radius 3 is 2.64 bits per heavy atom. The quantitative estimate of drug-likeness (QED) is 0.513. The minimum atomic E-state index is -3.56. The standard InChI is InChI=1S/C18H19N3O6S/c1-12-9-16(28(25,26)20-13-5-6-13)7-8-17(12)27-11-18(22)19-14-3-2-4-15(10-14)21(23)24/h2-4,7-10,13,20H,5-6,11H2,1H3,(H,19,22). The Balaban J connectivity index is 1.60. The monoisotopic (exact) mass is 405 g/mol. The summed E-state index contributed by atoms with van der Waals surface area (Å²) in [6, 6.07) is 9.98. The third kappa shape index (κ3) is 5.05. The molecule has 1 amide bonds. The van der Waals surface area contributed by atoms with E-state index in [9.17, 15) is 23.3 Å². The summed E-state index contributed by atoms with van der Waals surface area (Å²) in [7, 11) is -3.56. The van der Waals surface area contributed by atoms with Crippen LogP contribution in [0, 0.1) is 17.0 Å². The van der Waals surface area contributed by atoms with Crippen LogP contribution in [0.1, 0.15) is 18.4 Å². The van der Waals surface area contributed by atoms with Crippen LogP contribution in [0.25, 0.3) is 0 Å². The topological polar surface area (TPSA) is 128 Å². The van der Waals surface area contributed by atoms with Crippen molar-refractivity contribution in [1.29, 1.82) is 0 Å². The van der Waals surface area contributed by atoms with E-state index in [1.165, 1.54) is 42.5 Å². The van der Waals surface area contributed by atoms with Gasteiger partial charge in [0, 0.05) is 23.9 Å². The molecule has 0 radical (unpaired) electrons. The number of ether oxygens (including phenoxy) is 1. The molecule has 2 aromatic rings. The van der Waals surface area contributed by atoms with Crippen LogP contribution in [-0.2, 0) is 14.8 Å². The summed E-state index contributed by atoms with van der Waals surface area (Å²) in [5.74, 6) is -0.119. The Hall–Kier alpha value is -2.98. The number of non-ortho nitro benzene ring substituents is 1. The number of amides is 1. The molecule has 0 saturated heterocycles. The van der Waals surface area contributed by atoms with Crippen LogP contribution in [0.3, 0.4) is 0 Å². The summed E-state index contributed by atoms with van der Waals surface area (Å²) in [6.07, 6.45) is 1.69. The number of benzene rings is 2. The molecule has 1 fully saturated rings. The molecule has 0 unspecified atom stereocenters. The van der Waals surface area contributed by atoms with Crippen LogP contribution in [-0.4, -0.2) is 31.9 Å². The zero-order valence-electron chi connectivity index (χ0n) is 15.0. The summed E-state index contributed by atoms with van der Waals surface area (Å²) in [5, 5.41) is 13.3. The van der Waals surface area contributed by atoms with Gasteiger partial charge < -0.3 is 10.1 Å². The zero-order valence-corrected chi connectivity index (χ0v) is 15.9. The fourth-order valence-corrected chi connectivity index (χ4v) is 3.87. The maximum absolute atomic E-state index is 12.2. The average molecular weight is 405 g/mol. The van der Waals surface area contributed by atoms with Crippen molar-refractivity contribution in [3.8, 4) is 5.75 Å². The van der Waals surface area contributed by atoms with Gasteiger partial charge in [0.1, 0.15) is 5.75 Å². The van der Waals surface area contributed by atoms with E-state index in [0.29, 0.717) is 11.3 Å². The second kappa shape index (κ2) is 7.95. The normalized spacial score (nSPS) is 13.8. The largest absolute Gasteiger partial charge is 0.483 e. The molecule has 1 aliphatic carbocycles. The second-order valence-electron chi connectivity index (χ2n) is 6.47. The molecule has 3 rings (SSSR count). The highest BCUT2D eigenvalue weighted by atomic mass is 32.2. The summed E-state index contributed by atoms with van der Waals surface area (Å²) in [6.45, 7) is 1.36. The van der Waals surface area contributed by atoms with Crippen molar-refractivity contribution in [1.82, 2.24) is 4.72 Å². The molecule has 0 heterocycles. The average Bonchev–Trinajstić information content (AvgIpc) is 3.44. The number of anilines is 1. The number of carbonyl (C=O) groups is 1. The predicted molar refractivity (Wildman–Crippen MR) is 102 cm³/mol. The fourth-order valence-electron chi connectivity index (χ4n) is 2.48. The van der Waals surface area contributed by atoms with Gasteiger partial charge in [-0.05, 0) is 49.6 Å². The summed E-state index contributed by atoms with van der Waals surface area (Å²) < 4.78 is 32.5. The highest BCUT2D eigenvalue weighted by Gasteiger charge is 2.28. The van der Waals surface area contributed by atoms with Gasteiger partial charge in [-0.2, -0.15) is 0 Å². The van der Waals surface area contributed by atoms with E-state index in [4.69, 9.17) is 4.74 Å². The molecule has 0 aromatic heterocycles. The molecule has 1 saturated carbocycles. The second-order valence-corrected chi connectivity index (χ2v) is 8.18. The number of aryl methyl sites for hydroxylation is 1. The van der Waals surface area contributed by atoms with E-state index in [-0.39, 0.29) is 28.9 Å². The number of nitro benzene ring substituents is 1. The van der Waals surface area contributed by atoms with Crippen molar-refractivity contribution >= 4 is 27.3 Å². The first-order valence-corrected chi connectivity index (χ1v) is 10.0. The van der Waals surface area contributed by atoms with Crippen LogP contribution in [0.5, 0.6) is 5.75 Å². The van der Waals surface area contributed by atoms with Gasteiger partial charge >= 0.3 is 0 Å². The molecule has 0 bridgehead atoms. The lowest BCUT2D eigenvalue weighted by atomic mass is 10.2. The molecular weight excluding hydrogens is 386 g/mol. The van der Waals surface area contributed by atoms with E-state index >= 15 is 0 Å². The Morgan fingerprint density at radius 2 is 2.00 bits per heavy atom. The SMILES string of the molecule is Cc1cc(S(=O)(=O)NC2CC2)ccc1OCC(=O)Nc1cccc([N+](=O)[O-])c1. The van der Waals surface area contributed by atoms with Gasteiger partial charge in [0.25, 0.3) is 11.6 Å². The molecule has 28 heavy (non-hydrogen) atoms. The predicted octanol–water partition coefficient (Wildman–Crippen LogP) is 2.36. The molecule has 0 aliphatic heterocycles. The Bertz CT molecular complexity index is 1020. The maximum atomic E-state index is 12.2. The number of hydrogen-bond acceptors (Lipinski definition) is 6. The number of nitrogens with zero attached hydrogens (tertiary/aromatic N) is 1. The number of nitrogens with one attached hydrogen (secondary N) is 2. The van der Waals surface area contributed by atoms with Gasteiger partial charge in [-0.3, -0.25) is 14.9 Å². The molecular formula is C18H19N3O6S. The van der Waals surface area contributed by atoms with E-state index < -0.39 is 20.9 Å². The summed E-state index contributed by atoms with van der Waals surface area (Å²) in [4.78, 5) is 22.4. The number of carbonyl (C=O) groups excluding carboxylic acids is 1. The van der Waals surface area contributed by atoms with Crippen LogP contribution in [0.4, 0.5) is 11.4 Å². The number of rotatable bonds is 8. The first-order valence-electron chi connectivity index (χ1n) is 8.55. The highest BCUT2D eigenvalue weighted by Crippen LogP contribution is 2.25. The van der Waals surface area contributed by atoms with E-state index in [1.807, 2.05) is 0 Å². The molecule has 0 spiro atoms. The Morgan fingerprint density at radius 1 is 1.25 bits per heavy atom. The lowest BCUT2D eigenvalue weighted by molar-refractivity contribution is -0.384. The minimum absolute atomic E-state index is 0.0127. The van der Waals surface area contributed by atoms with Gasteiger partial charge in [-0.1, -0.05) is 6.07 Å². The molecule has 2 N–H and O–H groups in total. The van der Waals surface area contributed by atoms with Crippen molar-refractivity contribution in [2.45, 2.75) is 30.7 Å². The van der Waals surface area contributed by atoms with Crippen LogP contribution < -0.4 is 14.8 Å². The highest BCUT2D eigenvalue weighted by molar-refractivity contribution is 7.89. The Kier molecular flexibility index (Phi) is 5.61. The lowest BCUT2D eigenvalue weighted by Crippen LogP contribution is -2.25. The third-order valence-corrected chi connectivity index (χ3v) is 5.57. The smallest absolute Gasteiger partial charge is 0.271 e. The van der Waals surface area contributed by atoms with Gasteiger partial charge in [0.05, 0.1) is 9.82 Å². The van der Waals surface area contributed by atoms with Crippen molar-refractivity contribution in [2.24, 2.45) is 0 Å². The van der Waals surface area contributed by atoms with E-state index in [0.717, 1.165) is 12.8 Å². The minimum Gasteiger partial charge on any atom is -0.483 e. The molecule has 9 nitrogen and oxygen atoms in total. The van der Waals surface area contributed by atoms with Gasteiger partial charge in [-0.25, -0.2) is 13.1 Å². The van der Waals surface area contributed by atoms with Crippen molar-refractivity contribution in [3.05, 3.63) is 58.1 Å². The lowest BCUT2D eigenvalue weighted by Gasteiger charge is -2.12. The Labute approximate surface area is 161 Å².